The molecule has 0 aliphatic carbocycles. The van der Waals surface area contributed by atoms with Crippen molar-refractivity contribution >= 4 is 17.7 Å². The molecule has 0 aliphatic heterocycles. The highest BCUT2D eigenvalue weighted by atomic mass is 16.4. The number of nitrogens with zero attached hydrogens (tertiary/aromatic N) is 2. The number of hydrogen-bond donors (Lipinski definition) is 2. The van der Waals surface area contributed by atoms with E-state index in [-0.39, 0.29) is 17.9 Å². The molecule has 2 aromatic rings. The van der Waals surface area contributed by atoms with Gasteiger partial charge in [0.1, 0.15) is 11.5 Å². The second-order valence-corrected chi connectivity index (χ2v) is 4.50. The molecule has 0 fully saturated rings. The molecule has 0 radical (unpaired) electrons. The maximum atomic E-state index is 12.1. The van der Waals surface area contributed by atoms with Crippen molar-refractivity contribution in [2.45, 2.75) is 13.5 Å². The van der Waals surface area contributed by atoms with Crippen LogP contribution in [0.25, 0.3) is 0 Å². The normalized spacial score (nSPS) is 10.2. The Kier molecular flexibility index (Phi) is 4.22. The van der Waals surface area contributed by atoms with E-state index in [0.29, 0.717) is 5.76 Å². The number of nitrogens with one attached hydrogen (secondary N) is 1. The first-order chi connectivity index (χ1) is 9.97. The van der Waals surface area contributed by atoms with Gasteiger partial charge in [0, 0.05) is 13.2 Å². The molecule has 2 heterocycles. The fraction of sp³-hybridized carbons (Fsp3) is 0.214. The van der Waals surface area contributed by atoms with E-state index in [1.165, 1.54) is 17.2 Å². The number of carboxylic acids is 1. The zero-order valence-corrected chi connectivity index (χ0v) is 11.7. The SMILES string of the molecule is Cc1ccc(CN(C)C(=O)Nc2cccnc2C(=O)O)o1. The van der Waals surface area contributed by atoms with Crippen LogP contribution in [0.5, 0.6) is 0 Å². The molecule has 2 amide bonds. The molecule has 0 aromatic carbocycles. The van der Waals surface area contributed by atoms with Gasteiger partial charge in [-0.3, -0.25) is 0 Å². The molecule has 0 aliphatic rings. The standard InChI is InChI=1S/C14H15N3O4/c1-9-5-6-10(21-9)8-17(2)14(20)16-11-4-3-7-15-12(11)13(18)19/h3-7H,8H2,1-2H3,(H,16,20)(H,18,19). The van der Waals surface area contributed by atoms with Crippen LogP contribution in [0.3, 0.4) is 0 Å². The number of aryl methyl sites for hydroxylation is 1. The number of aromatic carboxylic acids is 1. The Morgan fingerprint density at radius 1 is 1.38 bits per heavy atom. The average Bonchev–Trinajstić information content (AvgIpc) is 2.84. The summed E-state index contributed by atoms with van der Waals surface area (Å²) >= 11 is 0. The third-order valence-corrected chi connectivity index (χ3v) is 2.79. The number of furan rings is 1. The minimum Gasteiger partial charge on any atom is -0.476 e. The summed E-state index contributed by atoms with van der Waals surface area (Å²) in [4.78, 5) is 28.2. The lowest BCUT2D eigenvalue weighted by atomic mass is 10.3. The quantitative estimate of drug-likeness (QED) is 0.900. The van der Waals surface area contributed by atoms with Crippen LogP contribution in [-0.2, 0) is 6.54 Å². The third-order valence-electron chi connectivity index (χ3n) is 2.79. The van der Waals surface area contributed by atoms with E-state index in [9.17, 15) is 9.59 Å². The number of carbonyl (C=O) groups excluding carboxylic acids is 1. The van der Waals surface area contributed by atoms with Crippen molar-refractivity contribution in [1.29, 1.82) is 0 Å². The first kappa shape index (κ1) is 14.6. The maximum Gasteiger partial charge on any atom is 0.356 e. The third kappa shape index (κ3) is 3.59. The van der Waals surface area contributed by atoms with Gasteiger partial charge in [0.2, 0.25) is 0 Å². The maximum absolute atomic E-state index is 12.1. The van der Waals surface area contributed by atoms with E-state index >= 15 is 0 Å². The Balaban J connectivity index is 2.05. The van der Waals surface area contributed by atoms with Crippen molar-refractivity contribution in [3.63, 3.8) is 0 Å². The molecule has 2 N–H and O–H groups in total. The number of hydrogen-bond acceptors (Lipinski definition) is 4. The van der Waals surface area contributed by atoms with Crippen molar-refractivity contribution in [3.8, 4) is 0 Å². The summed E-state index contributed by atoms with van der Waals surface area (Å²) in [6.45, 7) is 2.10. The fourth-order valence-electron chi connectivity index (χ4n) is 1.76. The van der Waals surface area contributed by atoms with Crippen molar-refractivity contribution in [1.82, 2.24) is 9.88 Å². The second-order valence-electron chi connectivity index (χ2n) is 4.50. The highest BCUT2D eigenvalue weighted by Crippen LogP contribution is 2.14. The monoisotopic (exact) mass is 289 g/mol. The Labute approximate surface area is 121 Å². The van der Waals surface area contributed by atoms with Gasteiger partial charge in [-0.05, 0) is 31.2 Å². The van der Waals surface area contributed by atoms with Crippen LogP contribution in [0.1, 0.15) is 22.0 Å². The molecule has 2 rings (SSSR count). The summed E-state index contributed by atoms with van der Waals surface area (Å²) in [5.74, 6) is 0.212. The summed E-state index contributed by atoms with van der Waals surface area (Å²) in [5.41, 5.74) is -0.0504. The van der Waals surface area contributed by atoms with Crippen LogP contribution in [-0.4, -0.2) is 34.0 Å². The van der Waals surface area contributed by atoms with E-state index in [4.69, 9.17) is 9.52 Å². The number of anilines is 1. The number of urea groups is 1. The lowest BCUT2D eigenvalue weighted by Crippen LogP contribution is -2.31. The summed E-state index contributed by atoms with van der Waals surface area (Å²) in [6, 6.07) is 6.19. The Hall–Kier alpha value is -2.83. The molecule has 7 nitrogen and oxygen atoms in total. The van der Waals surface area contributed by atoms with Crippen molar-refractivity contribution < 1.29 is 19.1 Å². The molecule has 21 heavy (non-hydrogen) atoms. The molecule has 110 valence electrons. The van der Waals surface area contributed by atoms with Gasteiger partial charge >= 0.3 is 12.0 Å². The number of carboxylic acid groups (broad SMARTS) is 1. The summed E-state index contributed by atoms with van der Waals surface area (Å²) in [7, 11) is 1.59. The highest BCUT2D eigenvalue weighted by Gasteiger charge is 2.16. The van der Waals surface area contributed by atoms with Crippen LogP contribution in [0.2, 0.25) is 0 Å². The lowest BCUT2D eigenvalue weighted by Gasteiger charge is -2.17. The number of rotatable bonds is 4. The first-order valence-corrected chi connectivity index (χ1v) is 6.23. The van der Waals surface area contributed by atoms with Gasteiger partial charge in [-0.1, -0.05) is 0 Å². The zero-order valence-electron chi connectivity index (χ0n) is 11.7. The van der Waals surface area contributed by atoms with Crippen LogP contribution < -0.4 is 5.32 Å². The molecule has 0 atom stereocenters. The van der Waals surface area contributed by atoms with E-state index in [1.54, 1.807) is 19.2 Å². The molecule has 0 spiro atoms. The van der Waals surface area contributed by atoms with E-state index in [2.05, 4.69) is 10.3 Å². The fourth-order valence-corrected chi connectivity index (χ4v) is 1.76. The van der Waals surface area contributed by atoms with Crippen LogP contribution in [0, 0.1) is 6.92 Å². The molecule has 0 bridgehead atoms. The van der Waals surface area contributed by atoms with Crippen molar-refractivity contribution in [2.24, 2.45) is 0 Å². The summed E-state index contributed by atoms with van der Waals surface area (Å²) < 4.78 is 5.39. The zero-order chi connectivity index (χ0) is 15.4. The number of carbonyl (C=O) groups is 2. The number of amides is 2. The molecule has 0 unspecified atom stereocenters. The number of aromatic nitrogens is 1. The minimum absolute atomic E-state index is 0.150. The first-order valence-electron chi connectivity index (χ1n) is 6.23. The molecule has 0 saturated carbocycles. The van der Waals surface area contributed by atoms with Gasteiger partial charge in [-0.25, -0.2) is 14.6 Å². The van der Waals surface area contributed by atoms with E-state index < -0.39 is 12.0 Å². The van der Waals surface area contributed by atoms with E-state index in [0.717, 1.165) is 5.76 Å². The lowest BCUT2D eigenvalue weighted by molar-refractivity contribution is 0.0691. The van der Waals surface area contributed by atoms with Crippen LogP contribution in [0.4, 0.5) is 10.5 Å². The molecule has 7 heteroatoms. The number of pyridine rings is 1. The largest absolute Gasteiger partial charge is 0.476 e. The molecular formula is C14H15N3O4. The smallest absolute Gasteiger partial charge is 0.356 e. The van der Waals surface area contributed by atoms with Crippen LogP contribution in [0.15, 0.2) is 34.9 Å². The van der Waals surface area contributed by atoms with Crippen molar-refractivity contribution in [2.75, 3.05) is 12.4 Å². The Bertz CT molecular complexity index is 666. The predicted octanol–water partition coefficient (Wildman–Crippen LogP) is 2.35. The molecule has 0 saturated heterocycles. The van der Waals surface area contributed by atoms with Gasteiger partial charge in [-0.15, -0.1) is 0 Å². The van der Waals surface area contributed by atoms with E-state index in [1.807, 2.05) is 13.0 Å². The predicted molar refractivity (Wildman–Crippen MR) is 75.1 cm³/mol. The topological polar surface area (TPSA) is 95.7 Å². The highest BCUT2D eigenvalue weighted by molar-refractivity contribution is 5.98. The van der Waals surface area contributed by atoms with Crippen LogP contribution >= 0.6 is 0 Å². The minimum atomic E-state index is -1.20. The van der Waals surface area contributed by atoms with Crippen molar-refractivity contribution in [3.05, 3.63) is 47.7 Å². The van der Waals surface area contributed by atoms with Gasteiger partial charge in [-0.2, -0.15) is 0 Å². The van der Waals surface area contributed by atoms with Gasteiger partial charge in [0.15, 0.2) is 5.69 Å². The summed E-state index contributed by atoms with van der Waals surface area (Å²) in [5, 5.41) is 11.5. The Morgan fingerprint density at radius 3 is 2.76 bits per heavy atom. The molecular weight excluding hydrogens is 274 g/mol. The second kappa shape index (κ2) is 6.08. The molecule has 2 aromatic heterocycles. The average molecular weight is 289 g/mol. The van der Waals surface area contributed by atoms with Gasteiger partial charge < -0.3 is 19.7 Å². The van der Waals surface area contributed by atoms with Gasteiger partial charge in [0.25, 0.3) is 0 Å². The summed E-state index contributed by atoms with van der Waals surface area (Å²) in [6.07, 6.45) is 1.36. The Morgan fingerprint density at radius 2 is 2.14 bits per heavy atom. The van der Waals surface area contributed by atoms with Gasteiger partial charge in [0.05, 0.1) is 12.2 Å².